The highest BCUT2D eigenvalue weighted by Gasteiger charge is 2.43. The molecule has 9 heteroatoms. The Labute approximate surface area is 147 Å². The fraction of sp³-hybridized carbons (Fsp3) is 0.625. The number of hydrogen-bond donors (Lipinski definition) is 5. The summed E-state index contributed by atoms with van der Waals surface area (Å²) in [6, 6.07) is 7.55. The second kappa shape index (κ2) is 9.09. The quantitative estimate of drug-likeness (QED) is 0.484. The van der Waals surface area contributed by atoms with Crippen LogP contribution >= 0.6 is 7.82 Å². The van der Waals surface area contributed by atoms with Crippen molar-refractivity contribution in [2.45, 2.75) is 31.0 Å². The Hall–Kier alpha value is -0.990. The molecular formula is C16H28NO7P. The van der Waals surface area contributed by atoms with Gasteiger partial charge in [-0.25, -0.2) is 4.57 Å². The van der Waals surface area contributed by atoms with Crippen LogP contribution in [-0.4, -0.2) is 63.6 Å². The molecule has 1 saturated carbocycles. The van der Waals surface area contributed by atoms with Crippen LogP contribution < -0.4 is 4.74 Å². The van der Waals surface area contributed by atoms with Crippen LogP contribution in [0.4, 0.5) is 0 Å². The van der Waals surface area contributed by atoms with E-state index in [1.807, 2.05) is 38.4 Å². The minimum absolute atomic E-state index is 0.119. The van der Waals surface area contributed by atoms with Gasteiger partial charge in [0.25, 0.3) is 0 Å². The Morgan fingerprint density at radius 2 is 1.88 bits per heavy atom. The molecule has 0 spiro atoms. The van der Waals surface area contributed by atoms with E-state index in [2.05, 4.69) is 4.90 Å². The maximum absolute atomic E-state index is 11.2. The van der Waals surface area contributed by atoms with Gasteiger partial charge in [-0.15, -0.1) is 0 Å². The molecule has 144 valence electrons. The zero-order valence-corrected chi connectivity index (χ0v) is 15.6. The fourth-order valence-electron chi connectivity index (χ4n) is 3.19. The van der Waals surface area contributed by atoms with E-state index in [9.17, 15) is 10.2 Å². The molecule has 1 aromatic rings. The van der Waals surface area contributed by atoms with Gasteiger partial charge in [-0.1, -0.05) is 12.1 Å². The van der Waals surface area contributed by atoms with Gasteiger partial charge < -0.3 is 34.5 Å². The lowest BCUT2D eigenvalue weighted by Gasteiger charge is -2.43. The smallest absolute Gasteiger partial charge is 0.466 e. The van der Waals surface area contributed by atoms with Crippen molar-refractivity contribution in [1.29, 1.82) is 0 Å². The minimum atomic E-state index is -4.64. The van der Waals surface area contributed by atoms with E-state index in [0.29, 0.717) is 6.42 Å². The van der Waals surface area contributed by atoms with Gasteiger partial charge in [-0.2, -0.15) is 0 Å². The van der Waals surface area contributed by atoms with E-state index < -0.39 is 19.5 Å². The standard InChI is InChI=1S/C16H25NO3.H3O4P/c1-17(2)11-13-7-8-14(18)10-16(13,19)12-5-4-6-15(9-12)20-3;1-5(2,3)4/h4-6,9,13-14,18-19H,7-8,10-11H2,1-3H3;(H3,1,2,3,4). The minimum Gasteiger partial charge on any atom is -0.497 e. The lowest BCUT2D eigenvalue weighted by molar-refractivity contribution is -0.0992. The molecule has 1 aromatic carbocycles. The molecule has 8 nitrogen and oxygen atoms in total. The van der Waals surface area contributed by atoms with Crippen molar-refractivity contribution in [2.24, 2.45) is 5.92 Å². The molecule has 0 aromatic heterocycles. The Bertz CT molecular complexity index is 583. The van der Waals surface area contributed by atoms with Crippen LogP contribution in [0.15, 0.2) is 24.3 Å². The van der Waals surface area contributed by atoms with Crippen molar-refractivity contribution in [1.82, 2.24) is 4.90 Å². The molecule has 3 unspecified atom stereocenters. The lowest BCUT2D eigenvalue weighted by atomic mass is 9.70. The number of aliphatic hydroxyl groups excluding tert-OH is 1. The zero-order chi connectivity index (χ0) is 19.3. The van der Waals surface area contributed by atoms with Crippen LogP contribution in [-0.2, 0) is 10.2 Å². The van der Waals surface area contributed by atoms with Crippen molar-refractivity contribution >= 4 is 7.82 Å². The molecule has 3 atom stereocenters. The molecular weight excluding hydrogens is 349 g/mol. The van der Waals surface area contributed by atoms with Crippen molar-refractivity contribution in [3.8, 4) is 5.75 Å². The summed E-state index contributed by atoms with van der Waals surface area (Å²) in [4.78, 5) is 23.7. The number of aliphatic hydroxyl groups is 2. The SMILES string of the molecule is COc1cccc(C2(O)CC(O)CCC2CN(C)C)c1.O=P(O)(O)O. The second-order valence-corrected chi connectivity index (χ2v) is 7.59. The van der Waals surface area contributed by atoms with Crippen molar-refractivity contribution < 1.29 is 34.2 Å². The molecule has 25 heavy (non-hydrogen) atoms. The van der Waals surface area contributed by atoms with Gasteiger partial charge in [0.1, 0.15) is 5.75 Å². The van der Waals surface area contributed by atoms with Crippen molar-refractivity contribution in [3.05, 3.63) is 29.8 Å². The van der Waals surface area contributed by atoms with Gasteiger partial charge in [0.2, 0.25) is 0 Å². The molecule has 0 heterocycles. The maximum Gasteiger partial charge on any atom is 0.466 e. The molecule has 0 saturated heterocycles. The summed E-state index contributed by atoms with van der Waals surface area (Å²) in [7, 11) is 1.00. The first-order valence-electron chi connectivity index (χ1n) is 7.93. The monoisotopic (exact) mass is 377 g/mol. The first kappa shape index (κ1) is 22.1. The number of benzene rings is 1. The first-order valence-corrected chi connectivity index (χ1v) is 9.50. The lowest BCUT2D eigenvalue weighted by Crippen LogP contribution is -2.46. The van der Waals surface area contributed by atoms with Gasteiger partial charge >= 0.3 is 7.82 Å². The van der Waals surface area contributed by atoms with Crippen LogP contribution in [0.2, 0.25) is 0 Å². The van der Waals surface area contributed by atoms with Gasteiger partial charge in [0.15, 0.2) is 0 Å². The first-order chi connectivity index (χ1) is 11.5. The molecule has 1 aliphatic rings. The molecule has 5 N–H and O–H groups in total. The Kier molecular flexibility index (Phi) is 8.02. The third-order valence-electron chi connectivity index (χ3n) is 4.23. The van der Waals surface area contributed by atoms with Crippen LogP contribution in [0.1, 0.15) is 24.8 Å². The molecule has 0 amide bonds. The Morgan fingerprint density at radius 1 is 1.28 bits per heavy atom. The predicted octanol–water partition coefficient (Wildman–Crippen LogP) is 0.677. The van der Waals surface area contributed by atoms with Gasteiger partial charge in [-0.05, 0) is 44.6 Å². The third kappa shape index (κ3) is 7.42. The molecule has 0 aliphatic heterocycles. The summed E-state index contributed by atoms with van der Waals surface area (Å²) < 4.78 is 14.1. The highest BCUT2D eigenvalue weighted by molar-refractivity contribution is 7.45. The van der Waals surface area contributed by atoms with Crippen LogP contribution in [0.5, 0.6) is 5.75 Å². The summed E-state index contributed by atoms with van der Waals surface area (Å²) in [5, 5.41) is 21.2. The van der Waals surface area contributed by atoms with E-state index in [1.165, 1.54) is 0 Å². The van der Waals surface area contributed by atoms with Crippen LogP contribution in [0.3, 0.4) is 0 Å². The Balaban J connectivity index is 0.000000550. The molecule has 2 rings (SSSR count). The van der Waals surface area contributed by atoms with E-state index in [-0.39, 0.29) is 5.92 Å². The summed E-state index contributed by atoms with van der Waals surface area (Å²) in [6.07, 6.45) is 1.53. The summed E-state index contributed by atoms with van der Waals surface area (Å²) in [6.45, 7) is 0.806. The van der Waals surface area contributed by atoms with Crippen LogP contribution in [0, 0.1) is 5.92 Å². The van der Waals surface area contributed by atoms with Crippen LogP contribution in [0.25, 0.3) is 0 Å². The third-order valence-corrected chi connectivity index (χ3v) is 4.23. The van der Waals surface area contributed by atoms with E-state index in [0.717, 1.165) is 30.7 Å². The summed E-state index contributed by atoms with van der Waals surface area (Å²) in [5.74, 6) is 0.854. The molecule has 0 radical (unpaired) electrons. The highest BCUT2D eigenvalue weighted by atomic mass is 31.2. The average Bonchev–Trinajstić information content (AvgIpc) is 2.48. The molecule has 1 aliphatic carbocycles. The van der Waals surface area contributed by atoms with E-state index >= 15 is 0 Å². The average molecular weight is 377 g/mol. The number of phosphoric acid groups is 1. The van der Waals surface area contributed by atoms with Crippen molar-refractivity contribution in [2.75, 3.05) is 27.7 Å². The zero-order valence-electron chi connectivity index (χ0n) is 14.7. The van der Waals surface area contributed by atoms with Gasteiger partial charge in [0, 0.05) is 18.9 Å². The maximum atomic E-state index is 11.2. The number of methoxy groups -OCH3 is 1. The summed E-state index contributed by atoms with van der Waals surface area (Å²) in [5.41, 5.74) is -0.154. The molecule has 1 fully saturated rings. The number of rotatable bonds is 4. The normalized spacial score (nSPS) is 26.8. The van der Waals surface area contributed by atoms with Crippen molar-refractivity contribution in [3.63, 3.8) is 0 Å². The number of hydrogen-bond acceptors (Lipinski definition) is 5. The molecule has 0 bridgehead atoms. The largest absolute Gasteiger partial charge is 0.497 e. The number of ether oxygens (including phenoxy) is 1. The topological polar surface area (TPSA) is 131 Å². The predicted molar refractivity (Wildman–Crippen MR) is 93.1 cm³/mol. The fourth-order valence-corrected chi connectivity index (χ4v) is 3.19. The Morgan fingerprint density at radius 3 is 2.40 bits per heavy atom. The highest BCUT2D eigenvalue weighted by Crippen LogP contribution is 2.42. The number of nitrogens with zero attached hydrogens (tertiary/aromatic N) is 1. The van der Waals surface area contributed by atoms with E-state index in [1.54, 1.807) is 7.11 Å². The van der Waals surface area contributed by atoms with Gasteiger partial charge in [-0.3, -0.25) is 0 Å². The second-order valence-electron chi connectivity index (χ2n) is 6.56. The van der Waals surface area contributed by atoms with Gasteiger partial charge in [0.05, 0.1) is 18.8 Å². The summed E-state index contributed by atoms with van der Waals surface area (Å²) >= 11 is 0. The van der Waals surface area contributed by atoms with E-state index in [4.69, 9.17) is 24.0 Å².